The van der Waals surface area contributed by atoms with Gasteiger partial charge in [-0.05, 0) is 141 Å². The zero-order valence-corrected chi connectivity index (χ0v) is 24.9. The van der Waals surface area contributed by atoms with E-state index in [0.29, 0.717) is 44.9 Å². The van der Waals surface area contributed by atoms with E-state index in [9.17, 15) is 0 Å². The van der Waals surface area contributed by atoms with Crippen LogP contribution in [-0.4, -0.2) is 12.4 Å². The summed E-state index contributed by atoms with van der Waals surface area (Å²) >= 11 is 0. The summed E-state index contributed by atoms with van der Waals surface area (Å²) in [6.07, 6.45) is -11.4. The highest BCUT2D eigenvalue weighted by Gasteiger charge is 2.72. The van der Waals surface area contributed by atoms with Crippen LogP contribution in [0.4, 0.5) is 26.3 Å². The maximum atomic E-state index is 15.1. The van der Waals surface area contributed by atoms with Crippen molar-refractivity contribution in [3.05, 3.63) is 116 Å². The van der Waals surface area contributed by atoms with Crippen LogP contribution in [0.15, 0.2) is 60.7 Å². The van der Waals surface area contributed by atoms with Gasteiger partial charge in [0.2, 0.25) is 5.41 Å². The molecular formula is C35H34F6O. The molecule has 0 aliphatic rings. The summed E-state index contributed by atoms with van der Waals surface area (Å²) in [7, 11) is 0. The van der Waals surface area contributed by atoms with Crippen LogP contribution in [0.1, 0.15) is 55.6 Å². The summed E-state index contributed by atoms with van der Waals surface area (Å²) < 4.78 is 96.7. The van der Waals surface area contributed by atoms with E-state index in [1.54, 1.807) is 32.9 Å². The fourth-order valence-corrected chi connectivity index (χ4v) is 5.41. The molecule has 0 saturated carbocycles. The molecule has 7 heteroatoms. The van der Waals surface area contributed by atoms with Gasteiger partial charge in [-0.25, -0.2) is 0 Å². The summed E-state index contributed by atoms with van der Waals surface area (Å²) in [4.78, 5) is 0. The van der Waals surface area contributed by atoms with Crippen LogP contribution in [0.3, 0.4) is 0 Å². The summed E-state index contributed by atoms with van der Waals surface area (Å²) in [5.41, 5.74) is 0.0867. The van der Waals surface area contributed by atoms with Crippen molar-refractivity contribution >= 4 is 0 Å². The van der Waals surface area contributed by atoms with Crippen LogP contribution in [0, 0.1) is 55.4 Å². The molecule has 222 valence electrons. The molecule has 4 rings (SSSR count). The smallest absolute Gasteiger partial charge is 0.411 e. The van der Waals surface area contributed by atoms with E-state index in [1.807, 2.05) is 39.0 Å². The van der Waals surface area contributed by atoms with Crippen LogP contribution in [0.5, 0.6) is 11.5 Å². The van der Waals surface area contributed by atoms with E-state index < -0.39 is 28.9 Å². The molecule has 0 spiro atoms. The Balaban J connectivity index is 2.09. The van der Waals surface area contributed by atoms with Crippen molar-refractivity contribution in [1.29, 1.82) is 0 Å². The van der Waals surface area contributed by atoms with E-state index in [0.717, 1.165) is 41.0 Å². The standard InChI is InChI=1S/C35H34F6O/c1-19-9-12-27(15-22(19)4)33(34(36,37)38,35(39,40)41)28-16-24(6)25(7)30(18-28)32-26(8)21(3)11-14-31(32)42-29-13-10-20(2)23(5)17-29/h9-18H,1-8H3. The van der Waals surface area contributed by atoms with Gasteiger partial charge in [0.15, 0.2) is 0 Å². The first-order valence-corrected chi connectivity index (χ1v) is 13.6. The zero-order valence-electron chi connectivity index (χ0n) is 24.9. The second-order valence-corrected chi connectivity index (χ2v) is 11.2. The van der Waals surface area contributed by atoms with Crippen molar-refractivity contribution in [3.63, 3.8) is 0 Å². The first-order valence-electron chi connectivity index (χ1n) is 13.6. The first kappa shape index (κ1) is 31.2. The number of alkyl halides is 6. The molecule has 0 saturated heterocycles. The quantitative estimate of drug-likeness (QED) is 0.212. The molecule has 0 aliphatic heterocycles. The SMILES string of the molecule is Cc1ccc(Oc2ccc(C)c(C)c2-c2cc(C(c3ccc(C)c(C)c3)(C(F)(F)F)C(F)(F)F)cc(C)c2C)cc1C. The van der Waals surface area contributed by atoms with Gasteiger partial charge < -0.3 is 4.74 Å². The largest absolute Gasteiger partial charge is 0.457 e. The molecule has 0 N–H and O–H groups in total. The maximum absolute atomic E-state index is 15.1. The molecular weight excluding hydrogens is 550 g/mol. The lowest BCUT2D eigenvalue weighted by Gasteiger charge is -2.39. The van der Waals surface area contributed by atoms with Crippen molar-refractivity contribution in [3.8, 4) is 22.6 Å². The van der Waals surface area contributed by atoms with Gasteiger partial charge in [-0.2, -0.15) is 26.3 Å². The lowest BCUT2D eigenvalue weighted by molar-refractivity contribution is -0.288. The third kappa shape index (κ3) is 5.18. The van der Waals surface area contributed by atoms with E-state index in [-0.39, 0.29) is 5.56 Å². The summed E-state index contributed by atoms with van der Waals surface area (Å²) in [5.74, 6) is 0.861. The molecule has 4 aromatic rings. The lowest BCUT2D eigenvalue weighted by Crippen LogP contribution is -2.54. The Morgan fingerprint density at radius 1 is 0.476 bits per heavy atom. The number of halogens is 6. The predicted molar refractivity (Wildman–Crippen MR) is 156 cm³/mol. The van der Waals surface area contributed by atoms with E-state index in [1.165, 1.54) is 19.9 Å². The molecule has 0 aromatic heterocycles. The minimum atomic E-state index is -5.69. The Labute approximate surface area is 243 Å². The Morgan fingerprint density at radius 2 is 1.00 bits per heavy atom. The number of rotatable bonds is 5. The van der Waals surface area contributed by atoms with Crippen molar-refractivity contribution in [2.75, 3.05) is 0 Å². The van der Waals surface area contributed by atoms with Crippen LogP contribution in [-0.2, 0) is 5.41 Å². The second-order valence-electron chi connectivity index (χ2n) is 11.2. The van der Waals surface area contributed by atoms with Crippen LogP contribution < -0.4 is 4.74 Å². The minimum absolute atomic E-state index is 0.256. The van der Waals surface area contributed by atoms with Gasteiger partial charge in [0.05, 0.1) is 0 Å². The molecule has 42 heavy (non-hydrogen) atoms. The van der Waals surface area contributed by atoms with Gasteiger partial charge in [0.1, 0.15) is 11.5 Å². The fourth-order valence-electron chi connectivity index (χ4n) is 5.41. The fraction of sp³-hybridized carbons (Fsp3) is 0.314. The molecule has 0 aliphatic carbocycles. The van der Waals surface area contributed by atoms with E-state index >= 15 is 26.3 Å². The maximum Gasteiger partial charge on any atom is 0.411 e. The van der Waals surface area contributed by atoms with Gasteiger partial charge in [0.25, 0.3) is 0 Å². The molecule has 0 atom stereocenters. The van der Waals surface area contributed by atoms with Crippen molar-refractivity contribution in [1.82, 2.24) is 0 Å². The Kier molecular flexibility index (Phi) is 8.04. The average Bonchev–Trinajstić information content (AvgIpc) is 2.87. The number of ether oxygens (including phenoxy) is 1. The molecule has 0 fully saturated rings. The molecule has 4 aromatic carbocycles. The zero-order chi connectivity index (χ0) is 31.4. The van der Waals surface area contributed by atoms with E-state index in [2.05, 4.69) is 0 Å². The van der Waals surface area contributed by atoms with Gasteiger partial charge >= 0.3 is 12.4 Å². The highest BCUT2D eigenvalue weighted by molar-refractivity contribution is 5.79. The molecule has 0 radical (unpaired) electrons. The second kappa shape index (κ2) is 10.8. The molecule has 0 bridgehead atoms. The number of benzene rings is 4. The normalized spacial score (nSPS) is 12.5. The molecule has 0 amide bonds. The third-order valence-corrected chi connectivity index (χ3v) is 8.56. The van der Waals surface area contributed by atoms with Crippen molar-refractivity contribution < 1.29 is 31.1 Å². The van der Waals surface area contributed by atoms with Crippen LogP contribution in [0.2, 0.25) is 0 Å². The van der Waals surface area contributed by atoms with E-state index in [4.69, 9.17) is 4.74 Å². The van der Waals surface area contributed by atoms with Gasteiger partial charge in [-0.15, -0.1) is 0 Å². The van der Waals surface area contributed by atoms with Crippen molar-refractivity contribution in [2.24, 2.45) is 0 Å². The average molecular weight is 585 g/mol. The summed E-state index contributed by atoms with van der Waals surface area (Å²) in [6, 6.07) is 14.4. The lowest BCUT2D eigenvalue weighted by atomic mass is 9.70. The minimum Gasteiger partial charge on any atom is -0.457 e. The van der Waals surface area contributed by atoms with Gasteiger partial charge in [-0.1, -0.05) is 36.4 Å². The third-order valence-electron chi connectivity index (χ3n) is 8.56. The Morgan fingerprint density at radius 3 is 1.55 bits per heavy atom. The molecule has 1 nitrogen and oxygen atoms in total. The predicted octanol–water partition coefficient (Wildman–Crippen LogP) is 11.0. The van der Waals surface area contributed by atoms with Crippen LogP contribution >= 0.6 is 0 Å². The van der Waals surface area contributed by atoms with Gasteiger partial charge in [0, 0.05) is 5.56 Å². The van der Waals surface area contributed by atoms with Crippen molar-refractivity contribution in [2.45, 2.75) is 73.2 Å². The van der Waals surface area contributed by atoms with Crippen LogP contribution in [0.25, 0.3) is 11.1 Å². The van der Waals surface area contributed by atoms with Gasteiger partial charge in [-0.3, -0.25) is 0 Å². The molecule has 0 heterocycles. The Hall–Kier alpha value is -3.74. The Bertz CT molecular complexity index is 1650. The highest BCUT2D eigenvalue weighted by atomic mass is 19.4. The molecule has 0 unspecified atom stereocenters. The number of aryl methyl sites for hydroxylation is 6. The topological polar surface area (TPSA) is 9.23 Å². The number of hydrogen-bond acceptors (Lipinski definition) is 1. The summed E-state index contributed by atoms with van der Waals surface area (Å²) in [6.45, 7) is 13.9. The highest BCUT2D eigenvalue weighted by Crippen LogP contribution is 2.57. The monoisotopic (exact) mass is 584 g/mol. The first-order chi connectivity index (χ1) is 19.4. The summed E-state index contributed by atoms with van der Waals surface area (Å²) in [5, 5.41) is 0. The number of hydrogen-bond donors (Lipinski definition) is 0.